The summed E-state index contributed by atoms with van der Waals surface area (Å²) in [5.41, 5.74) is 2.87. The largest absolute Gasteiger partial charge is 0.156 e. The minimum Gasteiger partial charge on any atom is -0.156 e. The van der Waals surface area contributed by atoms with E-state index in [1.54, 1.807) is 0 Å². The third kappa shape index (κ3) is 8.05. The van der Waals surface area contributed by atoms with Gasteiger partial charge < -0.3 is 0 Å². The Kier molecular flexibility index (Phi) is 11.2. The van der Waals surface area contributed by atoms with Gasteiger partial charge in [-0.25, -0.2) is 0 Å². The van der Waals surface area contributed by atoms with Gasteiger partial charge in [-0.15, -0.1) is 0 Å². The van der Waals surface area contributed by atoms with Crippen molar-refractivity contribution in [3.05, 3.63) is 71.8 Å². The maximum atomic E-state index is 2.30. The van der Waals surface area contributed by atoms with Crippen molar-refractivity contribution in [3.8, 4) is 0 Å². The number of thioether (sulfide) groups is 2. The molecular weight excluding hydrogens is 302 g/mol. The Morgan fingerprint density at radius 2 is 1.32 bits per heavy atom. The lowest BCUT2D eigenvalue weighted by Gasteiger charge is -2.14. The average molecular weight is 328 g/mol. The van der Waals surface area contributed by atoms with E-state index >= 15 is 0 Å². The first kappa shape index (κ1) is 19.3. The van der Waals surface area contributed by atoms with Gasteiger partial charge in [-0.1, -0.05) is 67.6 Å². The molecule has 4 heteroatoms. The molecule has 2 rings (SSSR count). The second-order valence-electron chi connectivity index (χ2n) is 4.83. The highest BCUT2D eigenvalue weighted by atomic mass is 32.2. The fourth-order valence-electron chi connectivity index (χ4n) is 1.95. The highest BCUT2D eigenvalue weighted by Gasteiger charge is 2.07. The van der Waals surface area contributed by atoms with Gasteiger partial charge in [0.05, 0.1) is 15.5 Å². The van der Waals surface area contributed by atoms with Gasteiger partial charge in [0.25, 0.3) is 0 Å². The van der Waals surface area contributed by atoms with Crippen LogP contribution in [0.4, 0.5) is 0 Å². The molecule has 0 aliphatic heterocycles. The van der Waals surface area contributed by atoms with Crippen LogP contribution >= 0.6 is 23.5 Å². The third-order valence-corrected chi connectivity index (χ3v) is 6.06. The Morgan fingerprint density at radius 1 is 0.818 bits per heavy atom. The van der Waals surface area contributed by atoms with Gasteiger partial charge in [-0.2, -0.15) is 23.5 Å². The van der Waals surface area contributed by atoms with E-state index in [4.69, 9.17) is 0 Å². The summed E-state index contributed by atoms with van der Waals surface area (Å²) in [6.07, 6.45) is 1.25. The average Bonchev–Trinajstić information content (AvgIpc) is 2.61. The molecule has 0 N–H and O–H groups in total. The Morgan fingerprint density at radius 3 is 1.82 bits per heavy atom. The van der Waals surface area contributed by atoms with Crippen LogP contribution < -0.4 is 0 Å². The van der Waals surface area contributed by atoms with Crippen LogP contribution in [0.3, 0.4) is 0 Å². The van der Waals surface area contributed by atoms with Crippen LogP contribution in [0.2, 0.25) is 0 Å². The molecule has 0 saturated heterocycles. The molecule has 0 spiro atoms. The molecule has 0 fully saturated rings. The van der Waals surface area contributed by atoms with E-state index in [1.807, 2.05) is 15.5 Å². The van der Waals surface area contributed by atoms with E-state index in [1.165, 1.54) is 23.3 Å². The number of rotatable bonds is 8. The molecule has 0 bridgehead atoms. The first-order valence-corrected chi connectivity index (χ1v) is 10.4. The normalized spacial score (nSPS) is 11.3. The highest BCUT2D eigenvalue weighted by molar-refractivity contribution is 8.02. The molecule has 22 heavy (non-hydrogen) atoms. The molecule has 1 unspecified atom stereocenters. The van der Waals surface area contributed by atoms with Gasteiger partial charge in [0.15, 0.2) is 0 Å². The first-order valence-electron chi connectivity index (χ1n) is 8.15. The summed E-state index contributed by atoms with van der Waals surface area (Å²) in [5.74, 6) is 3.50. The molecule has 0 amide bonds. The van der Waals surface area contributed by atoms with E-state index in [9.17, 15) is 0 Å². The minimum atomic E-state index is 0.754. The van der Waals surface area contributed by atoms with Crippen LogP contribution in [0.25, 0.3) is 0 Å². The van der Waals surface area contributed by atoms with Crippen molar-refractivity contribution in [2.75, 3.05) is 5.75 Å². The summed E-state index contributed by atoms with van der Waals surface area (Å²) in [7, 11) is 4.00. The topological polar surface area (TPSA) is 0 Å². The summed E-state index contributed by atoms with van der Waals surface area (Å²) < 4.78 is 0. The van der Waals surface area contributed by atoms with Gasteiger partial charge in [0.1, 0.15) is 0 Å². The first-order chi connectivity index (χ1) is 10.9. The number of hydrogen-bond donors (Lipinski definition) is 0. The maximum absolute atomic E-state index is 2.30. The number of hydrogen-bond acceptors (Lipinski definition) is 2. The Hall–Kier alpha value is -0.730. The van der Waals surface area contributed by atoms with E-state index in [0.717, 1.165) is 16.8 Å². The highest BCUT2D eigenvalue weighted by Crippen LogP contribution is 2.25. The standard InChI is InChI=1S/C18H22S2.B2H4/c1-2-18(20-14-17-11-7-4-8-12-17)15-19-13-16-9-5-3-6-10-16;1-2/h3-12,18H,2,13-15H2,1H3;1-2H2. The summed E-state index contributed by atoms with van der Waals surface area (Å²) in [6.45, 7) is 2.30. The smallest absolute Gasteiger partial charge is 0.0643 e. The van der Waals surface area contributed by atoms with E-state index < -0.39 is 0 Å². The SMILES string of the molecule is BB.CCC(CSCc1ccccc1)SCc1ccccc1. The van der Waals surface area contributed by atoms with E-state index in [-0.39, 0.29) is 0 Å². The van der Waals surface area contributed by atoms with Crippen LogP contribution in [0.5, 0.6) is 0 Å². The third-order valence-electron chi connectivity index (χ3n) is 3.20. The van der Waals surface area contributed by atoms with Gasteiger partial charge >= 0.3 is 0 Å². The maximum Gasteiger partial charge on any atom is 0.0643 e. The molecule has 1 atom stereocenters. The van der Waals surface area contributed by atoms with Gasteiger partial charge in [-0.05, 0) is 17.5 Å². The number of benzene rings is 2. The summed E-state index contributed by atoms with van der Waals surface area (Å²) in [6, 6.07) is 21.5. The van der Waals surface area contributed by atoms with Crippen molar-refractivity contribution >= 4 is 39.0 Å². The van der Waals surface area contributed by atoms with Crippen molar-refractivity contribution in [1.82, 2.24) is 0 Å². The summed E-state index contributed by atoms with van der Waals surface area (Å²) >= 11 is 4.14. The monoisotopic (exact) mass is 328 g/mol. The predicted octanol–water partition coefficient (Wildman–Crippen LogP) is 3.80. The van der Waals surface area contributed by atoms with Crippen molar-refractivity contribution < 1.29 is 0 Å². The van der Waals surface area contributed by atoms with Crippen LogP contribution in [0.15, 0.2) is 60.7 Å². The van der Waals surface area contributed by atoms with Crippen molar-refractivity contribution in [3.63, 3.8) is 0 Å². The van der Waals surface area contributed by atoms with Crippen LogP contribution in [0, 0.1) is 0 Å². The predicted molar refractivity (Wildman–Crippen MR) is 112 cm³/mol. The van der Waals surface area contributed by atoms with E-state index in [0.29, 0.717) is 0 Å². The van der Waals surface area contributed by atoms with Gasteiger partial charge in [-0.3, -0.25) is 0 Å². The van der Waals surface area contributed by atoms with Crippen molar-refractivity contribution in [2.45, 2.75) is 30.1 Å². The fourth-order valence-corrected chi connectivity index (χ4v) is 4.53. The van der Waals surface area contributed by atoms with Crippen molar-refractivity contribution in [1.29, 1.82) is 0 Å². The second-order valence-corrected chi connectivity index (χ2v) is 7.15. The molecule has 0 aliphatic carbocycles. The molecule has 0 radical (unpaired) electrons. The summed E-state index contributed by atoms with van der Waals surface area (Å²) in [5, 5.41) is 0.754. The molecule has 2 aromatic rings. The quantitative estimate of drug-likeness (QED) is 0.676. The minimum absolute atomic E-state index is 0.754. The van der Waals surface area contributed by atoms with Crippen LogP contribution in [-0.4, -0.2) is 26.5 Å². The fraction of sp³-hybridized carbons (Fsp3) is 0.333. The molecular formula is C18H26B2S2. The Bertz CT molecular complexity index is 477. The molecule has 0 nitrogen and oxygen atoms in total. The zero-order valence-corrected chi connectivity index (χ0v) is 15.6. The van der Waals surface area contributed by atoms with Crippen LogP contribution in [0.1, 0.15) is 24.5 Å². The molecule has 0 saturated carbocycles. The van der Waals surface area contributed by atoms with Crippen LogP contribution in [-0.2, 0) is 11.5 Å². The Balaban J connectivity index is 0.00000116. The second kappa shape index (κ2) is 12.8. The zero-order chi connectivity index (χ0) is 16.0. The molecule has 0 aliphatic rings. The van der Waals surface area contributed by atoms with E-state index in [2.05, 4.69) is 91.1 Å². The molecule has 0 heterocycles. The molecule has 0 aromatic heterocycles. The van der Waals surface area contributed by atoms with Gasteiger partial charge in [0, 0.05) is 22.5 Å². The molecule has 116 valence electrons. The lowest BCUT2D eigenvalue weighted by atomic mass is 9.81. The van der Waals surface area contributed by atoms with Crippen molar-refractivity contribution in [2.24, 2.45) is 0 Å². The lowest BCUT2D eigenvalue weighted by Crippen LogP contribution is -2.05. The molecule has 2 aromatic carbocycles. The van der Waals surface area contributed by atoms with Gasteiger partial charge in [0.2, 0.25) is 0 Å². The lowest BCUT2D eigenvalue weighted by molar-refractivity contribution is 0.915. The Labute approximate surface area is 146 Å². The zero-order valence-electron chi connectivity index (χ0n) is 14.0. The summed E-state index contributed by atoms with van der Waals surface area (Å²) in [4.78, 5) is 0.